The van der Waals surface area contributed by atoms with Crippen molar-refractivity contribution in [1.29, 1.82) is 0 Å². The third kappa shape index (κ3) is 4.05. The third-order valence-electron chi connectivity index (χ3n) is 3.73. The zero-order valence-electron chi connectivity index (χ0n) is 11.8. The quantitative estimate of drug-likeness (QED) is 0.922. The number of thiophene rings is 1. The smallest absolute Gasteiger partial charge is 0.222 e. The number of nitrogens with zero attached hydrogens (tertiary/aromatic N) is 1. The van der Waals surface area contributed by atoms with Gasteiger partial charge in [0.1, 0.15) is 0 Å². The summed E-state index contributed by atoms with van der Waals surface area (Å²) in [6.45, 7) is 5.61. The van der Waals surface area contributed by atoms with E-state index in [1.54, 1.807) is 0 Å². The molecule has 1 saturated heterocycles. The van der Waals surface area contributed by atoms with E-state index < -0.39 is 0 Å². The van der Waals surface area contributed by atoms with Gasteiger partial charge in [0.25, 0.3) is 0 Å². The number of hydrogen-bond acceptors (Lipinski definition) is 3. The lowest BCUT2D eigenvalue weighted by atomic mass is 10.1. The van der Waals surface area contributed by atoms with Crippen LogP contribution in [0.25, 0.3) is 0 Å². The number of amides is 1. The second kappa shape index (κ2) is 6.53. The van der Waals surface area contributed by atoms with E-state index in [4.69, 9.17) is 0 Å². The number of likely N-dealkylation sites (tertiary alicyclic amines) is 1. The second-order valence-corrected chi connectivity index (χ2v) is 6.89. The van der Waals surface area contributed by atoms with E-state index >= 15 is 0 Å². The van der Waals surface area contributed by atoms with Crippen LogP contribution < -0.4 is 0 Å². The van der Waals surface area contributed by atoms with Crippen molar-refractivity contribution in [3.05, 3.63) is 21.4 Å². The van der Waals surface area contributed by atoms with Gasteiger partial charge in [-0.1, -0.05) is 0 Å². The van der Waals surface area contributed by atoms with Crippen molar-refractivity contribution in [3.63, 3.8) is 0 Å². The first kappa shape index (κ1) is 14.5. The van der Waals surface area contributed by atoms with Crippen LogP contribution in [-0.2, 0) is 11.2 Å². The van der Waals surface area contributed by atoms with E-state index in [0.29, 0.717) is 13.0 Å². The van der Waals surface area contributed by atoms with Crippen LogP contribution in [0, 0.1) is 13.8 Å². The number of aliphatic hydroxyl groups is 1. The summed E-state index contributed by atoms with van der Waals surface area (Å²) in [5.74, 6) is 0.198. The Balaban J connectivity index is 1.76. The molecule has 0 spiro atoms. The molecule has 0 saturated carbocycles. The molecule has 2 rings (SSSR count). The highest BCUT2D eigenvalue weighted by molar-refractivity contribution is 7.12. The molecule has 1 amide bonds. The highest BCUT2D eigenvalue weighted by Gasteiger charge is 2.21. The number of rotatable bonds is 4. The van der Waals surface area contributed by atoms with Crippen molar-refractivity contribution in [1.82, 2.24) is 4.90 Å². The minimum absolute atomic E-state index is 0.198. The molecule has 1 aromatic heterocycles. The predicted molar refractivity (Wildman–Crippen MR) is 78.6 cm³/mol. The Bertz CT molecular complexity index is 441. The Morgan fingerprint density at radius 1 is 1.53 bits per heavy atom. The van der Waals surface area contributed by atoms with Gasteiger partial charge in [-0.25, -0.2) is 0 Å². The van der Waals surface area contributed by atoms with Crippen molar-refractivity contribution >= 4 is 17.2 Å². The Kier molecular flexibility index (Phi) is 4.99. The fourth-order valence-electron chi connectivity index (χ4n) is 2.70. The molecule has 19 heavy (non-hydrogen) atoms. The maximum absolute atomic E-state index is 12.0. The average molecular weight is 281 g/mol. The van der Waals surface area contributed by atoms with Gasteiger partial charge >= 0.3 is 0 Å². The summed E-state index contributed by atoms with van der Waals surface area (Å²) in [4.78, 5) is 16.6. The molecule has 1 N–H and O–H groups in total. The SMILES string of the molecule is Cc1cc(CCCC(=O)N2CCCC(O)C2)c(C)s1. The number of aliphatic hydroxyl groups excluding tert-OH is 1. The van der Waals surface area contributed by atoms with Crippen molar-refractivity contribution in [3.8, 4) is 0 Å². The van der Waals surface area contributed by atoms with E-state index in [1.165, 1.54) is 15.3 Å². The number of aryl methyl sites for hydroxylation is 3. The summed E-state index contributed by atoms with van der Waals surface area (Å²) < 4.78 is 0. The molecule has 1 aromatic rings. The minimum Gasteiger partial charge on any atom is -0.391 e. The standard InChI is InChI=1S/C15H23NO2S/c1-11-9-13(12(2)19-11)5-3-7-15(18)16-8-4-6-14(17)10-16/h9,14,17H,3-8,10H2,1-2H3. The van der Waals surface area contributed by atoms with Crippen LogP contribution in [-0.4, -0.2) is 35.1 Å². The van der Waals surface area contributed by atoms with Crippen LogP contribution >= 0.6 is 11.3 Å². The molecule has 1 unspecified atom stereocenters. The Hall–Kier alpha value is -0.870. The van der Waals surface area contributed by atoms with Crippen molar-refractivity contribution in [2.24, 2.45) is 0 Å². The summed E-state index contributed by atoms with van der Waals surface area (Å²) in [6, 6.07) is 2.23. The predicted octanol–water partition coefficient (Wildman–Crippen LogP) is 2.67. The van der Waals surface area contributed by atoms with Gasteiger partial charge in [0.15, 0.2) is 0 Å². The molecule has 1 aliphatic heterocycles. The Morgan fingerprint density at radius 2 is 2.32 bits per heavy atom. The molecule has 3 nitrogen and oxygen atoms in total. The van der Waals surface area contributed by atoms with E-state index in [1.807, 2.05) is 16.2 Å². The van der Waals surface area contributed by atoms with E-state index in [-0.39, 0.29) is 12.0 Å². The van der Waals surface area contributed by atoms with Crippen molar-refractivity contribution in [2.45, 2.75) is 52.1 Å². The van der Waals surface area contributed by atoms with Gasteiger partial charge in [0, 0.05) is 29.3 Å². The molecule has 0 radical (unpaired) electrons. The van der Waals surface area contributed by atoms with Gasteiger partial charge in [-0.3, -0.25) is 4.79 Å². The second-order valence-electron chi connectivity index (χ2n) is 5.43. The monoisotopic (exact) mass is 281 g/mol. The Labute approximate surface area is 119 Å². The highest BCUT2D eigenvalue weighted by atomic mass is 32.1. The topological polar surface area (TPSA) is 40.5 Å². The zero-order valence-corrected chi connectivity index (χ0v) is 12.6. The molecule has 1 fully saturated rings. The van der Waals surface area contributed by atoms with Crippen LogP contribution in [0.15, 0.2) is 6.07 Å². The largest absolute Gasteiger partial charge is 0.391 e. The molecular formula is C15H23NO2S. The lowest BCUT2D eigenvalue weighted by Crippen LogP contribution is -2.42. The molecule has 2 heterocycles. The van der Waals surface area contributed by atoms with Gasteiger partial charge in [-0.05, 0) is 51.2 Å². The first-order valence-corrected chi connectivity index (χ1v) is 7.89. The summed E-state index contributed by atoms with van der Waals surface area (Å²) in [5.41, 5.74) is 1.38. The van der Waals surface area contributed by atoms with Gasteiger partial charge in [0.05, 0.1) is 6.10 Å². The minimum atomic E-state index is -0.320. The first-order chi connectivity index (χ1) is 9.06. The molecule has 1 atom stereocenters. The fourth-order valence-corrected chi connectivity index (χ4v) is 3.68. The number of hydrogen-bond donors (Lipinski definition) is 1. The number of carbonyl (C=O) groups excluding carboxylic acids is 1. The van der Waals surface area contributed by atoms with E-state index in [9.17, 15) is 9.90 Å². The molecule has 0 bridgehead atoms. The summed E-state index contributed by atoms with van der Waals surface area (Å²) >= 11 is 1.83. The van der Waals surface area contributed by atoms with Crippen LogP contribution in [0.2, 0.25) is 0 Å². The van der Waals surface area contributed by atoms with E-state index in [0.717, 1.165) is 32.2 Å². The lowest BCUT2D eigenvalue weighted by Gasteiger charge is -2.30. The highest BCUT2D eigenvalue weighted by Crippen LogP contribution is 2.22. The van der Waals surface area contributed by atoms with Crippen LogP contribution in [0.3, 0.4) is 0 Å². The summed E-state index contributed by atoms with van der Waals surface area (Å²) in [5, 5.41) is 9.58. The maximum Gasteiger partial charge on any atom is 0.222 e. The maximum atomic E-state index is 12.0. The molecular weight excluding hydrogens is 258 g/mol. The average Bonchev–Trinajstić information content (AvgIpc) is 2.68. The molecule has 0 aliphatic carbocycles. The van der Waals surface area contributed by atoms with Crippen LogP contribution in [0.1, 0.15) is 41.0 Å². The van der Waals surface area contributed by atoms with Gasteiger partial charge < -0.3 is 10.0 Å². The summed E-state index contributed by atoms with van der Waals surface area (Å²) in [7, 11) is 0. The van der Waals surface area contributed by atoms with Gasteiger partial charge in [0.2, 0.25) is 5.91 Å². The van der Waals surface area contributed by atoms with Crippen molar-refractivity contribution < 1.29 is 9.90 Å². The van der Waals surface area contributed by atoms with Crippen LogP contribution in [0.4, 0.5) is 0 Å². The lowest BCUT2D eigenvalue weighted by molar-refractivity contribution is -0.134. The van der Waals surface area contributed by atoms with Gasteiger partial charge in [-0.2, -0.15) is 0 Å². The molecule has 0 aromatic carbocycles. The molecule has 4 heteroatoms. The third-order valence-corrected chi connectivity index (χ3v) is 4.74. The van der Waals surface area contributed by atoms with Crippen LogP contribution in [0.5, 0.6) is 0 Å². The van der Waals surface area contributed by atoms with Gasteiger partial charge in [-0.15, -0.1) is 11.3 Å². The fraction of sp³-hybridized carbons (Fsp3) is 0.667. The molecule has 106 valence electrons. The first-order valence-electron chi connectivity index (χ1n) is 7.08. The normalized spacial score (nSPS) is 19.7. The number of carbonyl (C=O) groups is 1. The zero-order chi connectivity index (χ0) is 13.8. The van der Waals surface area contributed by atoms with E-state index in [2.05, 4.69) is 19.9 Å². The Morgan fingerprint density at radius 3 is 2.95 bits per heavy atom. The summed E-state index contributed by atoms with van der Waals surface area (Å²) in [6.07, 6.45) is 3.92. The number of β-amino-alcohol motifs (C(OH)–C–C–N with tert-alkyl or cyclic N) is 1. The van der Waals surface area contributed by atoms with Crippen molar-refractivity contribution in [2.75, 3.05) is 13.1 Å². The number of piperidine rings is 1. The molecule has 1 aliphatic rings.